The summed E-state index contributed by atoms with van der Waals surface area (Å²) in [6, 6.07) is -0.0274. The summed E-state index contributed by atoms with van der Waals surface area (Å²) < 4.78 is 10.1. The van der Waals surface area contributed by atoms with E-state index in [1.165, 1.54) is 13.5 Å². The zero-order chi connectivity index (χ0) is 11.8. The van der Waals surface area contributed by atoms with E-state index < -0.39 is 0 Å². The van der Waals surface area contributed by atoms with Crippen LogP contribution in [0, 0.1) is 0 Å². The summed E-state index contributed by atoms with van der Waals surface area (Å²) in [6.07, 6.45) is 4.23. The van der Waals surface area contributed by atoms with Gasteiger partial charge in [-0.15, -0.1) is 0 Å². The first-order valence-electron chi connectivity index (χ1n) is 6.19. The number of nitrogens with zero attached hydrogens (tertiary/aromatic N) is 1. The van der Waals surface area contributed by atoms with Crippen LogP contribution in [-0.4, -0.2) is 50.3 Å². The van der Waals surface area contributed by atoms with Crippen LogP contribution in [0.1, 0.15) is 32.6 Å². The fraction of sp³-hybridized carbons (Fsp3) is 0.917. The first-order valence-corrected chi connectivity index (χ1v) is 6.19. The molecule has 0 aromatic rings. The van der Waals surface area contributed by atoms with Crippen molar-refractivity contribution in [3.63, 3.8) is 0 Å². The van der Waals surface area contributed by atoms with Crippen LogP contribution in [0.25, 0.3) is 0 Å². The maximum Gasteiger partial charge on any atom is 0.323 e. The molecular weight excluding hydrogens is 206 g/mol. The minimum atomic E-state index is -0.0869. The molecule has 0 bridgehead atoms. The maximum atomic E-state index is 11.6. The second-order valence-corrected chi connectivity index (χ2v) is 4.12. The molecule has 16 heavy (non-hydrogen) atoms. The van der Waals surface area contributed by atoms with Crippen LogP contribution >= 0.6 is 0 Å². The summed E-state index contributed by atoms with van der Waals surface area (Å²) in [4.78, 5) is 13.8. The van der Waals surface area contributed by atoms with Gasteiger partial charge in [0.25, 0.3) is 0 Å². The van der Waals surface area contributed by atoms with E-state index >= 15 is 0 Å². The molecule has 1 rings (SSSR count). The molecule has 1 saturated heterocycles. The van der Waals surface area contributed by atoms with Gasteiger partial charge in [0.2, 0.25) is 0 Å². The van der Waals surface area contributed by atoms with Crippen molar-refractivity contribution in [2.45, 2.75) is 38.6 Å². The van der Waals surface area contributed by atoms with Crippen LogP contribution in [-0.2, 0) is 14.3 Å². The van der Waals surface area contributed by atoms with Gasteiger partial charge in [0.05, 0.1) is 7.11 Å². The van der Waals surface area contributed by atoms with Crippen molar-refractivity contribution in [2.24, 2.45) is 0 Å². The van der Waals surface area contributed by atoms with Gasteiger partial charge in [-0.3, -0.25) is 9.69 Å². The largest absolute Gasteiger partial charge is 0.468 e. The van der Waals surface area contributed by atoms with Gasteiger partial charge in [0.1, 0.15) is 6.04 Å². The maximum absolute atomic E-state index is 11.6. The number of carbonyl (C=O) groups is 1. The number of hydrogen-bond acceptors (Lipinski definition) is 4. The fourth-order valence-electron chi connectivity index (χ4n) is 2.18. The lowest BCUT2D eigenvalue weighted by Gasteiger charge is -2.33. The SMILES string of the molecule is CCOCCCN1CCCCC1C(=O)OC. The van der Waals surface area contributed by atoms with Crippen molar-refractivity contribution in [2.75, 3.05) is 33.4 Å². The lowest BCUT2D eigenvalue weighted by atomic mass is 10.0. The van der Waals surface area contributed by atoms with Gasteiger partial charge in [-0.2, -0.15) is 0 Å². The first-order chi connectivity index (χ1) is 7.79. The minimum Gasteiger partial charge on any atom is -0.468 e. The molecule has 0 aliphatic carbocycles. The second-order valence-electron chi connectivity index (χ2n) is 4.12. The van der Waals surface area contributed by atoms with Crippen LogP contribution in [0.3, 0.4) is 0 Å². The van der Waals surface area contributed by atoms with E-state index in [-0.39, 0.29) is 12.0 Å². The van der Waals surface area contributed by atoms with E-state index in [0.717, 1.165) is 45.6 Å². The van der Waals surface area contributed by atoms with E-state index in [0.29, 0.717) is 0 Å². The second kappa shape index (κ2) is 7.63. The third kappa shape index (κ3) is 4.10. The van der Waals surface area contributed by atoms with Gasteiger partial charge in [0, 0.05) is 19.8 Å². The van der Waals surface area contributed by atoms with Crippen molar-refractivity contribution in [1.82, 2.24) is 4.90 Å². The molecule has 1 atom stereocenters. The molecule has 94 valence electrons. The third-order valence-corrected chi connectivity index (χ3v) is 3.03. The molecule has 4 nitrogen and oxygen atoms in total. The normalized spacial score (nSPS) is 22.0. The molecule has 0 N–H and O–H groups in total. The summed E-state index contributed by atoms with van der Waals surface area (Å²) in [5.41, 5.74) is 0. The molecule has 4 heteroatoms. The average Bonchev–Trinajstić information content (AvgIpc) is 2.34. The van der Waals surface area contributed by atoms with Gasteiger partial charge >= 0.3 is 5.97 Å². The topological polar surface area (TPSA) is 38.8 Å². The first kappa shape index (κ1) is 13.5. The number of piperidine rings is 1. The standard InChI is InChI=1S/C12H23NO3/c1-3-16-10-6-9-13-8-5-4-7-11(13)12(14)15-2/h11H,3-10H2,1-2H3. The Morgan fingerprint density at radius 3 is 2.94 bits per heavy atom. The van der Waals surface area contributed by atoms with E-state index in [2.05, 4.69) is 4.90 Å². The highest BCUT2D eigenvalue weighted by Crippen LogP contribution is 2.18. The number of hydrogen-bond donors (Lipinski definition) is 0. The quantitative estimate of drug-likeness (QED) is 0.510. The Balaban J connectivity index is 2.32. The Morgan fingerprint density at radius 2 is 2.25 bits per heavy atom. The molecular formula is C12H23NO3. The van der Waals surface area contributed by atoms with Crippen LogP contribution in [0.4, 0.5) is 0 Å². The summed E-state index contributed by atoms with van der Waals surface area (Å²) in [5.74, 6) is -0.0869. The van der Waals surface area contributed by atoms with Crippen molar-refractivity contribution < 1.29 is 14.3 Å². The lowest BCUT2D eigenvalue weighted by molar-refractivity contribution is -0.148. The molecule has 1 fully saturated rings. The van der Waals surface area contributed by atoms with Gasteiger partial charge in [-0.05, 0) is 32.7 Å². The molecule has 0 aromatic carbocycles. The summed E-state index contributed by atoms with van der Waals surface area (Å²) >= 11 is 0. The molecule has 0 aromatic heterocycles. The van der Waals surface area contributed by atoms with Gasteiger partial charge in [-0.25, -0.2) is 0 Å². The number of ether oxygens (including phenoxy) is 2. The highest BCUT2D eigenvalue weighted by atomic mass is 16.5. The predicted molar refractivity (Wildman–Crippen MR) is 62.3 cm³/mol. The fourth-order valence-corrected chi connectivity index (χ4v) is 2.18. The van der Waals surface area contributed by atoms with E-state index in [4.69, 9.17) is 9.47 Å². The number of likely N-dealkylation sites (tertiary alicyclic amines) is 1. The molecule has 1 aliphatic heterocycles. The summed E-state index contributed by atoms with van der Waals surface area (Å²) in [5, 5.41) is 0. The van der Waals surface area contributed by atoms with Gasteiger partial charge in [-0.1, -0.05) is 6.42 Å². The third-order valence-electron chi connectivity index (χ3n) is 3.03. The van der Waals surface area contributed by atoms with Crippen molar-refractivity contribution in [3.8, 4) is 0 Å². The zero-order valence-corrected chi connectivity index (χ0v) is 10.4. The molecule has 1 heterocycles. The predicted octanol–water partition coefficient (Wildman–Crippen LogP) is 1.44. The van der Waals surface area contributed by atoms with Crippen molar-refractivity contribution in [3.05, 3.63) is 0 Å². The summed E-state index contributed by atoms with van der Waals surface area (Å²) in [7, 11) is 1.47. The van der Waals surface area contributed by atoms with Crippen LogP contribution < -0.4 is 0 Å². The summed E-state index contributed by atoms with van der Waals surface area (Å²) in [6.45, 7) is 5.48. The van der Waals surface area contributed by atoms with E-state index in [9.17, 15) is 4.79 Å². The Kier molecular flexibility index (Phi) is 6.42. The Morgan fingerprint density at radius 1 is 1.44 bits per heavy atom. The van der Waals surface area contributed by atoms with Crippen molar-refractivity contribution >= 4 is 5.97 Å². The zero-order valence-electron chi connectivity index (χ0n) is 10.4. The van der Waals surface area contributed by atoms with Gasteiger partial charge < -0.3 is 9.47 Å². The number of methoxy groups -OCH3 is 1. The minimum absolute atomic E-state index is 0.0274. The highest BCUT2D eigenvalue weighted by Gasteiger charge is 2.28. The molecule has 0 spiro atoms. The smallest absolute Gasteiger partial charge is 0.323 e. The van der Waals surface area contributed by atoms with E-state index in [1.54, 1.807) is 0 Å². The molecule has 0 amide bonds. The van der Waals surface area contributed by atoms with E-state index in [1.807, 2.05) is 6.92 Å². The highest BCUT2D eigenvalue weighted by molar-refractivity contribution is 5.75. The number of carbonyl (C=O) groups excluding carboxylic acids is 1. The van der Waals surface area contributed by atoms with Crippen LogP contribution in [0.2, 0.25) is 0 Å². The van der Waals surface area contributed by atoms with Crippen molar-refractivity contribution in [1.29, 1.82) is 0 Å². The van der Waals surface area contributed by atoms with Crippen LogP contribution in [0.15, 0.2) is 0 Å². The molecule has 0 saturated carbocycles. The monoisotopic (exact) mass is 229 g/mol. The van der Waals surface area contributed by atoms with Crippen LogP contribution in [0.5, 0.6) is 0 Å². The molecule has 0 radical (unpaired) electrons. The average molecular weight is 229 g/mol. The Hall–Kier alpha value is -0.610. The number of esters is 1. The Bertz CT molecular complexity index is 208. The number of rotatable bonds is 6. The molecule has 1 unspecified atom stereocenters. The Labute approximate surface area is 97.9 Å². The lowest BCUT2D eigenvalue weighted by Crippen LogP contribution is -2.45. The van der Waals surface area contributed by atoms with Gasteiger partial charge in [0.15, 0.2) is 0 Å². The molecule has 1 aliphatic rings.